The lowest BCUT2D eigenvalue weighted by molar-refractivity contribution is 0.0816. The molecule has 0 bridgehead atoms. The van der Waals surface area contributed by atoms with Crippen molar-refractivity contribution in [2.45, 2.75) is 18.4 Å². The number of rotatable bonds is 1. The van der Waals surface area contributed by atoms with E-state index in [2.05, 4.69) is 23.5 Å². The summed E-state index contributed by atoms with van der Waals surface area (Å²) in [5, 5.41) is 13.3. The van der Waals surface area contributed by atoms with Crippen LogP contribution in [0.15, 0.2) is 54.6 Å². The fourth-order valence-corrected chi connectivity index (χ4v) is 3.36. The molecule has 1 fully saturated rings. The monoisotopic (exact) mass is 293 g/mol. The van der Waals surface area contributed by atoms with Gasteiger partial charge in [0.1, 0.15) is 17.1 Å². The number of phenolic OH excluding ortho intramolecular Hbond substituents is 1. The molecule has 1 spiro atoms. The second-order valence-corrected chi connectivity index (χ2v) is 6.02. The van der Waals surface area contributed by atoms with E-state index in [1.807, 2.05) is 24.3 Å². The van der Waals surface area contributed by atoms with Crippen LogP contribution >= 0.6 is 0 Å². The SMILES string of the molecule is Oc1ccc2c(c1)C(c1ccccc1)=CC1(CCNCC1)O2. The number of benzene rings is 2. The first kappa shape index (κ1) is 13.4. The standard InChI is InChI=1S/C19H19NO2/c21-15-6-7-18-16(12-15)17(14-4-2-1-3-5-14)13-19(22-18)8-10-20-11-9-19/h1-7,12-13,20-21H,8-11H2. The van der Waals surface area contributed by atoms with Crippen LogP contribution in [0.1, 0.15) is 24.0 Å². The summed E-state index contributed by atoms with van der Waals surface area (Å²) in [4.78, 5) is 0. The minimum absolute atomic E-state index is 0.236. The zero-order chi connectivity index (χ0) is 15.0. The predicted octanol–water partition coefficient (Wildman–Crippen LogP) is 3.34. The van der Waals surface area contributed by atoms with Crippen LogP contribution in [0.5, 0.6) is 11.5 Å². The quantitative estimate of drug-likeness (QED) is 0.847. The van der Waals surface area contributed by atoms with Gasteiger partial charge in [-0.3, -0.25) is 0 Å². The van der Waals surface area contributed by atoms with Crippen LogP contribution in [0, 0.1) is 0 Å². The van der Waals surface area contributed by atoms with Crippen LogP contribution < -0.4 is 10.1 Å². The zero-order valence-corrected chi connectivity index (χ0v) is 12.4. The van der Waals surface area contributed by atoms with E-state index in [4.69, 9.17) is 4.74 Å². The van der Waals surface area contributed by atoms with E-state index < -0.39 is 0 Å². The van der Waals surface area contributed by atoms with Crippen molar-refractivity contribution in [3.63, 3.8) is 0 Å². The van der Waals surface area contributed by atoms with Crippen molar-refractivity contribution in [2.75, 3.05) is 13.1 Å². The number of nitrogens with one attached hydrogen (secondary N) is 1. The number of piperidine rings is 1. The lowest BCUT2D eigenvalue weighted by Gasteiger charge is -2.40. The van der Waals surface area contributed by atoms with Gasteiger partial charge in [-0.15, -0.1) is 0 Å². The molecule has 0 radical (unpaired) electrons. The van der Waals surface area contributed by atoms with Gasteiger partial charge < -0.3 is 15.2 Å². The van der Waals surface area contributed by atoms with E-state index in [9.17, 15) is 5.11 Å². The summed E-state index contributed by atoms with van der Waals surface area (Å²) in [6.45, 7) is 1.93. The van der Waals surface area contributed by atoms with Gasteiger partial charge in [-0.25, -0.2) is 0 Å². The Bertz CT molecular complexity index is 715. The third-order valence-electron chi connectivity index (χ3n) is 4.51. The molecule has 0 unspecified atom stereocenters. The molecule has 2 N–H and O–H groups in total. The van der Waals surface area contributed by atoms with E-state index >= 15 is 0 Å². The fraction of sp³-hybridized carbons (Fsp3) is 0.263. The van der Waals surface area contributed by atoms with Crippen molar-refractivity contribution in [1.29, 1.82) is 0 Å². The predicted molar refractivity (Wildman–Crippen MR) is 87.1 cm³/mol. The number of hydrogen-bond acceptors (Lipinski definition) is 3. The topological polar surface area (TPSA) is 41.5 Å². The molecule has 2 heterocycles. The van der Waals surface area contributed by atoms with Crippen LogP contribution in [-0.4, -0.2) is 23.8 Å². The Morgan fingerprint density at radius 2 is 1.77 bits per heavy atom. The normalized spacial score (nSPS) is 19.2. The summed E-state index contributed by atoms with van der Waals surface area (Å²) >= 11 is 0. The fourth-order valence-electron chi connectivity index (χ4n) is 3.36. The van der Waals surface area contributed by atoms with Crippen molar-refractivity contribution in [3.05, 3.63) is 65.7 Å². The summed E-state index contributed by atoms with van der Waals surface area (Å²) in [7, 11) is 0. The van der Waals surface area contributed by atoms with Gasteiger partial charge in [0.15, 0.2) is 0 Å². The second kappa shape index (κ2) is 5.18. The summed E-state index contributed by atoms with van der Waals surface area (Å²) in [5.74, 6) is 1.13. The first-order valence-corrected chi connectivity index (χ1v) is 7.77. The molecular weight excluding hydrogens is 274 g/mol. The highest BCUT2D eigenvalue weighted by atomic mass is 16.5. The van der Waals surface area contributed by atoms with Crippen LogP contribution in [0.2, 0.25) is 0 Å². The smallest absolute Gasteiger partial charge is 0.130 e. The molecule has 1 saturated heterocycles. The van der Waals surface area contributed by atoms with E-state index in [0.717, 1.165) is 48.4 Å². The molecule has 2 aliphatic rings. The maximum Gasteiger partial charge on any atom is 0.130 e. The van der Waals surface area contributed by atoms with E-state index in [0.29, 0.717) is 0 Å². The van der Waals surface area contributed by atoms with E-state index in [-0.39, 0.29) is 11.4 Å². The molecule has 0 amide bonds. The van der Waals surface area contributed by atoms with Crippen LogP contribution in [0.4, 0.5) is 0 Å². The van der Waals surface area contributed by atoms with Gasteiger partial charge >= 0.3 is 0 Å². The molecule has 0 aromatic heterocycles. The Balaban J connectivity index is 1.88. The first-order chi connectivity index (χ1) is 10.8. The lowest BCUT2D eigenvalue weighted by Crippen LogP contribution is -2.46. The summed E-state index contributed by atoms with van der Waals surface area (Å²) in [6, 6.07) is 15.7. The maximum absolute atomic E-state index is 9.86. The number of aromatic hydroxyl groups is 1. The third kappa shape index (κ3) is 2.28. The molecule has 3 nitrogen and oxygen atoms in total. The molecule has 0 saturated carbocycles. The van der Waals surface area contributed by atoms with Crippen molar-refractivity contribution >= 4 is 5.57 Å². The highest BCUT2D eigenvalue weighted by Gasteiger charge is 2.37. The third-order valence-corrected chi connectivity index (χ3v) is 4.51. The van der Waals surface area contributed by atoms with E-state index in [1.165, 1.54) is 0 Å². The first-order valence-electron chi connectivity index (χ1n) is 7.77. The van der Waals surface area contributed by atoms with Crippen molar-refractivity contribution < 1.29 is 9.84 Å². The van der Waals surface area contributed by atoms with Gasteiger partial charge in [0.25, 0.3) is 0 Å². The van der Waals surface area contributed by atoms with Crippen LogP contribution in [0.3, 0.4) is 0 Å². The minimum Gasteiger partial charge on any atom is -0.508 e. The summed E-state index contributed by atoms with van der Waals surface area (Å²) in [5.41, 5.74) is 3.05. The Morgan fingerprint density at radius 1 is 1.00 bits per heavy atom. The number of fused-ring (bicyclic) bond motifs is 1. The van der Waals surface area contributed by atoms with Gasteiger partial charge in [-0.05, 0) is 48.5 Å². The van der Waals surface area contributed by atoms with Gasteiger partial charge in [-0.2, -0.15) is 0 Å². The molecule has 22 heavy (non-hydrogen) atoms. The Hall–Kier alpha value is -2.26. The average molecular weight is 293 g/mol. The summed E-state index contributed by atoms with van der Waals surface area (Å²) in [6.07, 6.45) is 4.18. The molecule has 0 aliphatic carbocycles. The second-order valence-electron chi connectivity index (χ2n) is 6.02. The molecule has 112 valence electrons. The number of phenols is 1. The highest BCUT2D eigenvalue weighted by Crippen LogP contribution is 2.43. The van der Waals surface area contributed by atoms with Crippen molar-refractivity contribution in [2.24, 2.45) is 0 Å². The molecule has 0 atom stereocenters. The molecule has 3 heteroatoms. The van der Waals surface area contributed by atoms with Crippen molar-refractivity contribution in [3.8, 4) is 11.5 Å². The lowest BCUT2D eigenvalue weighted by atomic mass is 9.83. The van der Waals surface area contributed by atoms with Gasteiger partial charge in [0.05, 0.1) is 0 Å². The minimum atomic E-state index is -0.236. The molecule has 4 rings (SSSR count). The van der Waals surface area contributed by atoms with Gasteiger partial charge in [0, 0.05) is 18.4 Å². The molecular formula is C19H19NO2. The Labute approximate surface area is 130 Å². The molecule has 2 aliphatic heterocycles. The average Bonchev–Trinajstić information content (AvgIpc) is 2.56. The molecule has 2 aromatic carbocycles. The van der Waals surface area contributed by atoms with Crippen molar-refractivity contribution in [1.82, 2.24) is 5.32 Å². The maximum atomic E-state index is 9.86. The van der Waals surface area contributed by atoms with Gasteiger partial charge in [0.2, 0.25) is 0 Å². The largest absolute Gasteiger partial charge is 0.508 e. The molecule has 2 aromatic rings. The zero-order valence-electron chi connectivity index (χ0n) is 12.4. The van der Waals surface area contributed by atoms with Crippen LogP contribution in [-0.2, 0) is 0 Å². The Morgan fingerprint density at radius 3 is 2.55 bits per heavy atom. The highest BCUT2D eigenvalue weighted by molar-refractivity contribution is 5.85. The number of ether oxygens (including phenoxy) is 1. The summed E-state index contributed by atoms with van der Waals surface area (Å²) < 4.78 is 6.34. The van der Waals surface area contributed by atoms with Gasteiger partial charge in [-0.1, -0.05) is 30.3 Å². The van der Waals surface area contributed by atoms with E-state index in [1.54, 1.807) is 12.1 Å². The van der Waals surface area contributed by atoms with Crippen LogP contribution in [0.25, 0.3) is 5.57 Å². The Kier molecular flexibility index (Phi) is 3.16. The number of hydrogen-bond donors (Lipinski definition) is 2.